The van der Waals surface area contributed by atoms with Gasteiger partial charge in [-0.2, -0.15) is 0 Å². The van der Waals surface area contributed by atoms with E-state index in [1.807, 2.05) is 12.6 Å². The van der Waals surface area contributed by atoms with Crippen molar-refractivity contribution in [2.45, 2.75) is 30.8 Å². The minimum atomic E-state index is 0.342. The number of aryl methyl sites for hydroxylation is 1. The third-order valence-corrected chi connectivity index (χ3v) is 5.73. The van der Waals surface area contributed by atoms with Gasteiger partial charge in [-0.25, -0.2) is 15.0 Å². The molecule has 0 spiro atoms. The fourth-order valence-corrected chi connectivity index (χ4v) is 3.91. The molecule has 0 radical (unpaired) electrons. The summed E-state index contributed by atoms with van der Waals surface area (Å²) in [5, 5.41) is 0.931. The molecule has 0 unspecified atom stereocenters. The lowest BCUT2D eigenvalue weighted by atomic mass is 10.2. The molecule has 25 heavy (non-hydrogen) atoms. The summed E-state index contributed by atoms with van der Waals surface area (Å²) in [7, 11) is 0. The van der Waals surface area contributed by atoms with Gasteiger partial charge in [0, 0.05) is 38.6 Å². The average Bonchev–Trinajstić information content (AvgIpc) is 3.42. The number of imidazole rings is 1. The molecule has 134 valence electrons. The summed E-state index contributed by atoms with van der Waals surface area (Å²) in [4.78, 5) is 29.7. The number of aromatic nitrogens is 4. The Balaban J connectivity index is 1.27. The number of amides is 1. The topological polar surface area (TPSA) is 67.2 Å². The van der Waals surface area contributed by atoms with Crippen LogP contribution in [0.3, 0.4) is 0 Å². The number of rotatable bonds is 6. The number of hydrogen-bond donors (Lipinski definition) is 0. The first kappa shape index (κ1) is 16.8. The van der Waals surface area contributed by atoms with E-state index in [0.717, 1.165) is 74.7 Å². The van der Waals surface area contributed by atoms with Crippen LogP contribution in [0.25, 0.3) is 11.2 Å². The van der Waals surface area contributed by atoms with Gasteiger partial charge in [-0.3, -0.25) is 9.69 Å². The van der Waals surface area contributed by atoms with E-state index in [1.54, 1.807) is 18.1 Å². The lowest BCUT2D eigenvalue weighted by molar-refractivity contribution is -0.134. The van der Waals surface area contributed by atoms with Crippen molar-refractivity contribution in [1.82, 2.24) is 29.3 Å². The highest BCUT2D eigenvalue weighted by atomic mass is 32.2. The Labute approximate surface area is 151 Å². The highest BCUT2D eigenvalue weighted by molar-refractivity contribution is 7.98. The van der Waals surface area contributed by atoms with Crippen molar-refractivity contribution in [2.75, 3.05) is 39.0 Å². The van der Waals surface area contributed by atoms with Crippen molar-refractivity contribution in [1.29, 1.82) is 0 Å². The van der Waals surface area contributed by atoms with E-state index in [9.17, 15) is 4.79 Å². The number of thioether (sulfide) groups is 1. The predicted octanol–water partition coefficient (Wildman–Crippen LogP) is 1.49. The molecule has 1 saturated carbocycles. The van der Waals surface area contributed by atoms with Crippen LogP contribution in [0.4, 0.5) is 0 Å². The Bertz CT molecular complexity index is 751. The van der Waals surface area contributed by atoms with Crippen LogP contribution in [0.1, 0.15) is 19.3 Å². The van der Waals surface area contributed by atoms with E-state index in [4.69, 9.17) is 0 Å². The molecule has 1 saturated heterocycles. The fourth-order valence-electron chi connectivity index (χ4n) is 3.42. The zero-order chi connectivity index (χ0) is 17.2. The number of piperazine rings is 1. The summed E-state index contributed by atoms with van der Waals surface area (Å²) in [6.45, 7) is 5.69. The second kappa shape index (κ2) is 7.29. The van der Waals surface area contributed by atoms with E-state index in [1.165, 1.54) is 0 Å². The predicted molar refractivity (Wildman–Crippen MR) is 97.5 cm³/mol. The number of hydrogen-bond acceptors (Lipinski definition) is 6. The summed E-state index contributed by atoms with van der Waals surface area (Å²) < 4.78 is 2.11. The van der Waals surface area contributed by atoms with Gasteiger partial charge < -0.3 is 9.47 Å². The number of carbonyl (C=O) groups is 1. The van der Waals surface area contributed by atoms with Crippen LogP contribution in [0.5, 0.6) is 0 Å². The Kier molecular flexibility index (Phi) is 4.89. The molecule has 2 aromatic heterocycles. The molecule has 0 N–H and O–H groups in total. The first-order valence-corrected chi connectivity index (χ1v) is 10.2. The zero-order valence-corrected chi connectivity index (χ0v) is 15.4. The first-order chi connectivity index (χ1) is 12.3. The van der Waals surface area contributed by atoms with Gasteiger partial charge in [0.1, 0.15) is 16.9 Å². The Morgan fingerprint density at radius 3 is 2.68 bits per heavy atom. The normalized spacial score (nSPS) is 18.8. The summed E-state index contributed by atoms with van der Waals surface area (Å²) in [6, 6.07) is 0. The smallest absolute Gasteiger partial charge is 0.225 e. The molecule has 8 heteroatoms. The highest BCUT2D eigenvalue weighted by Crippen LogP contribution is 2.31. The lowest BCUT2D eigenvalue weighted by Crippen LogP contribution is -2.49. The molecule has 0 bridgehead atoms. The molecule has 2 aliphatic rings. The van der Waals surface area contributed by atoms with Gasteiger partial charge in [-0.15, -0.1) is 11.8 Å². The minimum absolute atomic E-state index is 0.342. The highest BCUT2D eigenvalue weighted by Gasteiger charge is 2.34. The molecule has 2 aromatic rings. The zero-order valence-electron chi connectivity index (χ0n) is 14.6. The van der Waals surface area contributed by atoms with Gasteiger partial charge in [-0.1, -0.05) is 0 Å². The van der Waals surface area contributed by atoms with E-state index in [2.05, 4.69) is 29.3 Å². The third-order valence-electron chi connectivity index (χ3n) is 5.04. The van der Waals surface area contributed by atoms with Crippen LogP contribution in [-0.2, 0) is 11.3 Å². The van der Waals surface area contributed by atoms with Crippen molar-refractivity contribution in [3.8, 4) is 0 Å². The Hall–Kier alpha value is -1.67. The maximum Gasteiger partial charge on any atom is 0.225 e. The fraction of sp³-hybridized carbons (Fsp3) is 0.647. The van der Waals surface area contributed by atoms with Crippen molar-refractivity contribution in [2.24, 2.45) is 5.92 Å². The van der Waals surface area contributed by atoms with Crippen molar-refractivity contribution in [3.05, 3.63) is 12.7 Å². The van der Waals surface area contributed by atoms with Crippen molar-refractivity contribution in [3.63, 3.8) is 0 Å². The van der Waals surface area contributed by atoms with Crippen LogP contribution >= 0.6 is 11.8 Å². The average molecular weight is 360 g/mol. The van der Waals surface area contributed by atoms with Crippen LogP contribution in [0.15, 0.2) is 17.7 Å². The van der Waals surface area contributed by atoms with E-state index in [0.29, 0.717) is 11.8 Å². The van der Waals surface area contributed by atoms with Gasteiger partial charge in [0.05, 0.1) is 6.33 Å². The Morgan fingerprint density at radius 2 is 1.96 bits per heavy atom. The summed E-state index contributed by atoms with van der Waals surface area (Å²) in [5.41, 5.74) is 1.81. The molecular formula is C17H24N6OS. The third kappa shape index (κ3) is 3.64. The molecule has 3 heterocycles. The number of carbonyl (C=O) groups excluding carboxylic acids is 1. The second-order valence-electron chi connectivity index (χ2n) is 6.79. The molecule has 1 aliphatic heterocycles. The van der Waals surface area contributed by atoms with Gasteiger partial charge in [-0.05, 0) is 32.1 Å². The monoisotopic (exact) mass is 360 g/mol. The van der Waals surface area contributed by atoms with Crippen LogP contribution in [0, 0.1) is 5.92 Å². The standard InChI is InChI=1S/C17H24N6OS/c1-25-16-14-15(18-11-19-16)23(12-20-14)6-2-5-21-7-9-22(10-8-21)17(24)13-3-4-13/h11-13H,2-10H2,1H3. The largest absolute Gasteiger partial charge is 0.340 e. The number of nitrogens with zero attached hydrogens (tertiary/aromatic N) is 6. The van der Waals surface area contributed by atoms with Gasteiger partial charge >= 0.3 is 0 Å². The SMILES string of the molecule is CSc1ncnc2c1ncn2CCCN1CCN(C(=O)C2CC2)CC1. The molecule has 7 nitrogen and oxygen atoms in total. The molecule has 1 amide bonds. The second-order valence-corrected chi connectivity index (χ2v) is 7.58. The summed E-state index contributed by atoms with van der Waals surface area (Å²) >= 11 is 1.60. The van der Waals surface area contributed by atoms with E-state index in [-0.39, 0.29) is 0 Å². The van der Waals surface area contributed by atoms with Gasteiger partial charge in [0.2, 0.25) is 5.91 Å². The molecule has 4 rings (SSSR count). The quantitative estimate of drug-likeness (QED) is 0.574. The van der Waals surface area contributed by atoms with E-state index < -0.39 is 0 Å². The van der Waals surface area contributed by atoms with Crippen molar-refractivity contribution < 1.29 is 4.79 Å². The minimum Gasteiger partial charge on any atom is -0.340 e. The molecule has 1 aliphatic carbocycles. The maximum absolute atomic E-state index is 12.1. The van der Waals surface area contributed by atoms with Crippen LogP contribution < -0.4 is 0 Å². The maximum atomic E-state index is 12.1. The van der Waals surface area contributed by atoms with Crippen molar-refractivity contribution >= 4 is 28.8 Å². The summed E-state index contributed by atoms with van der Waals surface area (Å²) in [6.07, 6.45) is 8.74. The van der Waals surface area contributed by atoms with Crippen LogP contribution in [-0.4, -0.2) is 74.2 Å². The molecule has 2 fully saturated rings. The van der Waals surface area contributed by atoms with E-state index >= 15 is 0 Å². The van der Waals surface area contributed by atoms with Gasteiger partial charge in [0.25, 0.3) is 0 Å². The van der Waals surface area contributed by atoms with Crippen LogP contribution in [0.2, 0.25) is 0 Å². The number of fused-ring (bicyclic) bond motifs is 1. The van der Waals surface area contributed by atoms with Gasteiger partial charge in [0.15, 0.2) is 5.65 Å². The first-order valence-electron chi connectivity index (χ1n) is 8.97. The molecule has 0 atom stereocenters. The summed E-state index contributed by atoms with van der Waals surface area (Å²) in [5.74, 6) is 0.725. The Morgan fingerprint density at radius 1 is 1.16 bits per heavy atom. The molecule has 0 aromatic carbocycles. The molecular weight excluding hydrogens is 336 g/mol. The lowest BCUT2D eigenvalue weighted by Gasteiger charge is -2.34.